The molecule has 0 atom stereocenters. The fourth-order valence-corrected chi connectivity index (χ4v) is 1.97. The molecule has 216 valence electrons. The van der Waals surface area contributed by atoms with Crippen LogP contribution in [0.1, 0.15) is 22.3 Å². The Morgan fingerprint density at radius 1 is 0.385 bits per heavy atom. The molecule has 6 aromatic rings. The average molecular weight is 542 g/mol. The van der Waals surface area contributed by atoms with Crippen LogP contribution in [0.25, 0.3) is 0 Å². The monoisotopic (exact) mass is 541 g/mol. The van der Waals surface area contributed by atoms with Crippen LogP contribution in [0.2, 0.25) is 0 Å². The van der Waals surface area contributed by atoms with Gasteiger partial charge in [0.05, 0.1) is 25.0 Å². The minimum absolute atomic E-state index is 0. The number of hydrogen-bond acceptors (Lipinski definition) is 7. The molecule has 0 saturated carbocycles. The predicted octanol–water partition coefficient (Wildman–Crippen LogP) is 3.82. The van der Waals surface area contributed by atoms with E-state index < -0.39 is 0 Å². The summed E-state index contributed by atoms with van der Waals surface area (Å²) in [6.45, 7) is 0. The molecule has 0 spiro atoms. The summed E-state index contributed by atoms with van der Waals surface area (Å²) in [4.78, 5) is 9.07. The zero-order valence-electron chi connectivity index (χ0n) is 21.6. The third kappa shape index (κ3) is 23.3. The molecule has 6 aromatic heterocycles. The van der Waals surface area contributed by atoms with Crippen molar-refractivity contribution in [3.05, 3.63) is 105 Å². The molecule has 0 radical (unpaired) electrons. The average Bonchev–Trinajstić information content (AvgIpc) is 3.67. The molecular formula is C26H47N13. The van der Waals surface area contributed by atoms with Gasteiger partial charge in [-0.3, -0.25) is 14.0 Å². The molecule has 0 N–H and O–H groups in total. The van der Waals surface area contributed by atoms with E-state index in [0.29, 0.717) is 0 Å². The van der Waals surface area contributed by atoms with Crippen molar-refractivity contribution in [1.82, 2.24) is 63.4 Å². The second-order valence-corrected chi connectivity index (χ2v) is 7.01. The van der Waals surface area contributed by atoms with Gasteiger partial charge in [0.2, 0.25) is 0 Å². The first-order valence-electron chi connectivity index (χ1n) is 10.8. The lowest BCUT2D eigenvalue weighted by Gasteiger charge is -1.77. The summed E-state index contributed by atoms with van der Waals surface area (Å²) in [7, 11) is 11.3. The Hall–Kier alpha value is -4.81. The van der Waals surface area contributed by atoms with Crippen molar-refractivity contribution < 1.29 is 0 Å². The zero-order valence-corrected chi connectivity index (χ0v) is 21.6. The van der Waals surface area contributed by atoms with E-state index in [1.807, 2.05) is 93.6 Å². The number of nitrogens with zero attached hydrogens (tertiary/aromatic N) is 13. The summed E-state index contributed by atoms with van der Waals surface area (Å²) in [6, 6.07) is 5.67. The molecule has 13 heteroatoms. The van der Waals surface area contributed by atoms with Crippen LogP contribution in [0.4, 0.5) is 0 Å². The summed E-state index contributed by atoms with van der Waals surface area (Å²) < 4.78 is 9.03. The molecule has 0 aliphatic heterocycles. The topological polar surface area (TPSA) is 120 Å². The van der Waals surface area contributed by atoms with E-state index in [1.54, 1.807) is 77.1 Å². The van der Waals surface area contributed by atoms with Crippen LogP contribution in [0.5, 0.6) is 0 Å². The number of aryl methyl sites for hydroxylation is 6. The van der Waals surface area contributed by atoms with Crippen LogP contribution in [0.3, 0.4) is 0 Å². The quantitative estimate of drug-likeness (QED) is 0.287. The maximum absolute atomic E-state index is 3.83. The Labute approximate surface area is 233 Å². The molecule has 0 bridgehead atoms. The normalized spacial score (nSPS) is 8.15. The third-order valence-electron chi connectivity index (χ3n) is 3.72. The second kappa shape index (κ2) is 24.9. The van der Waals surface area contributed by atoms with Crippen molar-refractivity contribution >= 4 is 0 Å². The largest absolute Gasteiger partial charge is 0.341 e. The Morgan fingerprint density at radius 3 is 0.795 bits per heavy atom. The van der Waals surface area contributed by atoms with Gasteiger partial charge in [-0.15, -0.1) is 0 Å². The maximum Gasteiger partial charge on any atom is 0.0943 e. The van der Waals surface area contributed by atoms with Gasteiger partial charge in [-0.25, -0.2) is 9.97 Å². The lowest BCUT2D eigenvalue weighted by molar-refractivity contribution is 0.654. The van der Waals surface area contributed by atoms with E-state index in [4.69, 9.17) is 0 Å². The van der Waals surface area contributed by atoms with Crippen LogP contribution in [-0.2, 0) is 42.3 Å². The summed E-state index contributed by atoms with van der Waals surface area (Å²) in [6.07, 6.45) is 25.0. The third-order valence-corrected chi connectivity index (χ3v) is 3.72. The molecule has 0 fully saturated rings. The fourth-order valence-electron chi connectivity index (χ4n) is 1.97. The van der Waals surface area contributed by atoms with Gasteiger partial charge in [-0.05, 0) is 18.2 Å². The van der Waals surface area contributed by atoms with Crippen LogP contribution >= 0.6 is 0 Å². The van der Waals surface area contributed by atoms with Crippen molar-refractivity contribution in [3.63, 3.8) is 0 Å². The summed E-state index contributed by atoms with van der Waals surface area (Å²) in [5.41, 5.74) is 0. The van der Waals surface area contributed by atoms with Crippen molar-refractivity contribution in [1.29, 1.82) is 0 Å². The van der Waals surface area contributed by atoms with Gasteiger partial charge in [0.15, 0.2) is 0 Å². The zero-order chi connectivity index (χ0) is 26.4. The summed E-state index contributed by atoms with van der Waals surface area (Å²) >= 11 is 0. The highest BCUT2D eigenvalue weighted by Crippen LogP contribution is 1.75. The van der Waals surface area contributed by atoms with Gasteiger partial charge in [0, 0.05) is 104 Å². The fraction of sp³-hybridized carbons (Fsp3) is 0.346. The molecule has 39 heavy (non-hydrogen) atoms. The molecule has 6 rings (SSSR count). The lowest BCUT2D eigenvalue weighted by Crippen LogP contribution is -1.89. The molecule has 0 saturated heterocycles. The van der Waals surface area contributed by atoms with Gasteiger partial charge in [0.1, 0.15) is 0 Å². The van der Waals surface area contributed by atoms with Crippen molar-refractivity contribution in [2.45, 2.75) is 22.3 Å². The van der Waals surface area contributed by atoms with Crippen LogP contribution in [0, 0.1) is 0 Å². The predicted molar refractivity (Wildman–Crippen MR) is 157 cm³/mol. The number of hydrogen-bond donors (Lipinski definition) is 0. The SMILES string of the molecule is C.C.C.Cn1cccn1.Cn1cccn1.Cn1cccn1.Cn1ccnc1.Cn1ccnc1.Cn1nccn1. The molecular weight excluding hydrogens is 494 g/mol. The van der Waals surface area contributed by atoms with E-state index >= 15 is 0 Å². The minimum atomic E-state index is 0. The van der Waals surface area contributed by atoms with Gasteiger partial charge in [0.25, 0.3) is 0 Å². The molecule has 0 amide bonds. The van der Waals surface area contributed by atoms with Crippen molar-refractivity contribution in [2.24, 2.45) is 42.3 Å². The first-order chi connectivity index (χ1) is 17.4. The Balaban J connectivity index is -0.000000393. The van der Waals surface area contributed by atoms with Gasteiger partial charge < -0.3 is 9.13 Å². The van der Waals surface area contributed by atoms with Gasteiger partial charge in [-0.1, -0.05) is 22.3 Å². The first kappa shape index (κ1) is 38.7. The lowest BCUT2D eigenvalue weighted by atomic mass is 10.8. The second-order valence-electron chi connectivity index (χ2n) is 7.01. The van der Waals surface area contributed by atoms with Gasteiger partial charge >= 0.3 is 0 Å². The van der Waals surface area contributed by atoms with E-state index in [-0.39, 0.29) is 22.3 Å². The summed E-state index contributed by atoms with van der Waals surface area (Å²) in [5.74, 6) is 0. The minimum Gasteiger partial charge on any atom is -0.341 e. The van der Waals surface area contributed by atoms with Crippen LogP contribution in [0.15, 0.2) is 105 Å². The van der Waals surface area contributed by atoms with E-state index in [0.717, 1.165) is 0 Å². The maximum atomic E-state index is 3.83. The van der Waals surface area contributed by atoms with E-state index in [9.17, 15) is 0 Å². The van der Waals surface area contributed by atoms with Gasteiger partial charge in [-0.2, -0.15) is 30.3 Å². The molecule has 0 unspecified atom stereocenters. The van der Waals surface area contributed by atoms with E-state index in [2.05, 4.69) is 35.5 Å². The highest BCUT2D eigenvalue weighted by molar-refractivity contribution is 4.76. The highest BCUT2D eigenvalue weighted by Gasteiger charge is 1.72. The first-order valence-corrected chi connectivity index (χ1v) is 10.8. The van der Waals surface area contributed by atoms with Crippen molar-refractivity contribution in [3.8, 4) is 0 Å². The Morgan fingerprint density at radius 2 is 0.718 bits per heavy atom. The number of rotatable bonds is 0. The Kier molecular flexibility index (Phi) is 24.7. The van der Waals surface area contributed by atoms with Crippen molar-refractivity contribution in [2.75, 3.05) is 0 Å². The molecule has 0 aromatic carbocycles. The number of imidazole rings is 2. The molecule has 0 aliphatic carbocycles. The smallest absolute Gasteiger partial charge is 0.0943 e. The van der Waals surface area contributed by atoms with Crippen LogP contribution in [-0.4, -0.2) is 63.4 Å². The van der Waals surface area contributed by atoms with Crippen LogP contribution < -0.4 is 0 Å². The van der Waals surface area contributed by atoms with E-state index in [1.165, 1.54) is 4.80 Å². The molecule has 13 nitrogen and oxygen atoms in total. The highest BCUT2D eigenvalue weighted by atomic mass is 15.4. The molecule has 0 aliphatic rings. The molecule has 6 heterocycles. The summed E-state index contributed by atoms with van der Waals surface area (Å²) in [5, 5.41) is 18.9. The number of aromatic nitrogens is 13. The Bertz CT molecular complexity index is 908. The standard InChI is InChI=1S/5C4H6N2.C3H5N3.3CH4/c2*1-6-3-2-5-4-6;4*1-6-4-2-3-5-6;;;/h5*2-4H,1H3;2-3H,1H3;3*1H4.